The summed E-state index contributed by atoms with van der Waals surface area (Å²) in [6.07, 6.45) is 1.62. The van der Waals surface area contributed by atoms with Gasteiger partial charge in [-0.3, -0.25) is 4.99 Å². The first-order chi connectivity index (χ1) is 13.0. The van der Waals surface area contributed by atoms with Crippen LogP contribution in [0.3, 0.4) is 0 Å². The summed E-state index contributed by atoms with van der Waals surface area (Å²) in [6, 6.07) is 13.2. The zero-order valence-corrected chi connectivity index (χ0v) is 17.7. The summed E-state index contributed by atoms with van der Waals surface area (Å²) in [6.45, 7) is 4.06. The van der Waals surface area contributed by atoms with Crippen LogP contribution in [0.15, 0.2) is 62.4 Å². The second-order valence-corrected chi connectivity index (χ2v) is 7.87. The van der Waals surface area contributed by atoms with Gasteiger partial charge in [-0.1, -0.05) is 28.1 Å². The van der Waals surface area contributed by atoms with Crippen LogP contribution in [0.2, 0.25) is 0 Å². The summed E-state index contributed by atoms with van der Waals surface area (Å²) in [5.74, 6) is 0.799. The quantitative estimate of drug-likeness (QED) is 0.568. The summed E-state index contributed by atoms with van der Waals surface area (Å²) in [7, 11) is 1.59. The number of ether oxygens (including phenoxy) is 1. The second-order valence-electron chi connectivity index (χ2n) is 6.11. The van der Waals surface area contributed by atoms with Gasteiger partial charge < -0.3 is 9.84 Å². The third-order valence-electron chi connectivity index (χ3n) is 3.74. The highest BCUT2D eigenvalue weighted by Gasteiger charge is 2.08. The molecule has 0 amide bonds. The van der Waals surface area contributed by atoms with E-state index in [0.29, 0.717) is 11.3 Å². The highest BCUT2D eigenvalue weighted by atomic mass is 79.9. The van der Waals surface area contributed by atoms with Gasteiger partial charge in [0.2, 0.25) is 4.80 Å². The van der Waals surface area contributed by atoms with Gasteiger partial charge in [0.1, 0.15) is 11.5 Å². The number of phenolic OH excluding ortho intramolecular Hbond substituents is 1. The lowest BCUT2D eigenvalue weighted by Gasteiger charge is -2.06. The average Bonchev–Trinajstić information content (AvgIpc) is 3.03. The molecule has 0 unspecified atom stereocenters. The highest BCUT2D eigenvalue weighted by Crippen LogP contribution is 2.24. The molecule has 0 spiro atoms. The van der Waals surface area contributed by atoms with Crippen molar-refractivity contribution >= 4 is 33.5 Å². The summed E-state index contributed by atoms with van der Waals surface area (Å²) in [4.78, 5) is 5.46. The number of hydrogen-bond donors (Lipinski definition) is 1. The summed E-state index contributed by atoms with van der Waals surface area (Å²) in [5, 5.41) is 16.7. The molecule has 0 saturated carbocycles. The molecule has 0 fully saturated rings. The Hall–Kier alpha value is -2.38. The Morgan fingerprint density at radius 2 is 1.93 bits per heavy atom. The number of aromatic hydroxyl groups is 1. The first kappa shape index (κ1) is 19.4. The highest BCUT2D eigenvalue weighted by molar-refractivity contribution is 9.10. The molecule has 27 heavy (non-hydrogen) atoms. The van der Waals surface area contributed by atoms with Crippen LogP contribution in [0, 0.1) is 0 Å². The predicted octanol–water partition coefficient (Wildman–Crippen LogP) is 4.88. The largest absolute Gasteiger partial charge is 0.507 e. The lowest BCUT2D eigenvalue weighted by Crippen LogP contribution is -2.14. The Balaban J connectivity index is 2.10. The van der Waals surface area contributed by atoms with Crippen molar-refractivity contribution in [1.82, 2.24) is 4.68 Å². The van der Waals surface area contributed by atoms with Crippen LogP contribution in [0.25, 0.3) is 11.3 Å². The minimum Gasteiger partial charge on any atom is -0.507 e. The molecule has 140 valence electrons. The summed E-state index contributed by atoms with van der Waals surface area (Å²) in [5.41, 5.74) is 2.54. The monoisotopic (exact) mass is 445 g/mol. The van der Waals surface area contributed by atoms with Gasteiger partial charge in [0.05, 0.1) is 19.0 Å². The molecule has 7 heteroatoms. The van der Waals surface area contributed by atoms with Gasteiger partial charge in [0.25, 0.3) is 0 Å². The van der Waals surface area contributed by atoms with Gasteiger partial charge in [-0.05, 0) is 44.2 Å². The molecule has 0 aliphatic heterocycles. The molecule has 0 saturated heterocycles. The van der Waals surface area contributed by atoms with E-state index in [1.165, 1.54) is 11.3 Å². The topological polar surface area (TPSA) is 59.1 Å². The van der Waals surface area contributed by atoms with Crippen LogP contribution >= 0.6 is 27.3 Å². The number of aromatic nitrogens is 1. The molecule has 0 radical (unpaired) electrons. The van der Waals surface area contributed by atoms with E-state index in [4.69, 9.17) is 4.74 Å². The van der Waals surface area contributed by atoms with E-state index in [2.05, 4.69) is 26.0 Å². The van der Waals surface area contributed by atoms with Gasteiger partial charge in [-0.25, -0.2) is 4.68 Å². The number of benzene rings is 2. The van der Waals surface area contributed by atoms with Crippen molar-refractivity contribution in [1.29, 1.82) is 0 Å². The minimum atomic E-state index is 0.142. The fraction of sp³-hybridized carbons (Fsp3) is 0.200. The smallest absolute Gasteiger partial charge is 0.206 e. The molecule has 0 atom stereocenters. The van der Waals surface area contributed by atoms with Crippen molar-refractivity contribution in [2.45, 2.75) is 19.9 Å². The standard InChI is InChI=1S/C20H20BrN3O2S/c1-13(2)23-20-24(18(12-27-20)14-4-6-16(21)7-5-14)22-11-15-10-17(26-3)8-9-19(15)25/h4-13,25H,1-3H3. The normalized spacial score (nSPS) is 12.3. The number of halogens is 1. The average molecular weight is 446 g/mol. The van der Waals surface area contributed by atoms with Gasteiger partial charge >= 0.3 is 0 Å². The number of methoxy groups -OCH3 is 1. The van der Waals surface area contributed by atoms with Crippen molar-refractivity contribution in [2.75, 3.05) is 7.11 Å². The van der Waals surface area contributed by atoms with E-state index in [1.54, 1.807) is 36.2 Å². The Labute approximate surface area is 170 Å². The van der Waals surface area contributed by atoms with E-state index in [1.807, 2.05) is 43.5 Å². The van der Waals surface area contributed by atoms with Crippen LogP contribution in [0.4, 0.5) is 0 Å². The number of nitrogens with zero attached hydrogens (tertiary/aromatic N) is 3. The number of hydrogen-bond acceptors (Lipinski definition) is 5. The number of thiazole rings is 1. The van der Waals surface area contributed by atoms with Gasteiger partial charge in [0.15, 0.2) is 0 Å². The molecule has 0 bridgehead atoms. The number of phenols is 1. The van der Waals surface area contributed by atoms with Crippen LogP contribution in [-0.2, 0) is 0 Å². The van der Waals surface area contributed by atoms with E-state index in [0.717, 1.165) is 20.5 Å². The van der Waals surface area contributed by atoms with Crippen LogP contribution in [-0.4, -0.2) is 29.1 Å². The zero-order valence-electron chi connectivity index (χ0n) is 15.3. The third-order valence-corrected chi connectivity index (χ3v) is 5.10. The van der Waals surface area contributed by atoms with E-state index < -0.39 is 0 Å². The summed E-state index contributed by atoms with van der Waals surface area (Å²) >= 11 is 5.00. The Bertz CT molecular complexity index is 1020. The van der Waals surface area contributed by atoms with Gasteiger partial charge in [0, 0.05) is 27.0 Å². The van der Waals surface area contributed by atoms with E-state index in [-0.39, 0.29) is 11.8 Å². The molecule has 3 aromatic rings. The predicted molar refractivity (Wildman–Crippen MR) is 114 cm³/mol. The molecular weight excluding hydrogens is 426 g/mol. The lowest BCUT2D eigenvalue weighted by atomic mass is 10.2. The van der Waals surface area contributed by atoms with Crippen molar-refractivity contribution in [3.63, 3.8) is 0 Å². The fourth-order valence-electron chi connectivity index (χ4n) is 2.42. The SMILES string of the molecule is COc1ccc(O)c(C=Nn2c(-c3ccc(Br)cc3)csc2=NC(C)C)c1. The van der Waals surface area contributed by atoms with Crippen molar-refractivity contribution in [3.8, 4) is 22.8 Å². The maximum Gasteiger partial charge on any atom is 0.206 e. The molecule has 2 aromatic carbocycles. The van der Waals surface area contributed by atoms with Crippen LogP contribution < -0.4 is 9.54 Å². The first-order valence-corrected chi connectivity index (χ1v) is 10.1. The van der Waals surface area contributed by atoms with E-state index >= 15 is 0 Å². The second kappa shape index (κ2) is 8.54. The molecule has 5 nitrogen and oxygen atoms in total. The van der Waals surface area contributed by atoms with Gasteiger partial charge in [-0.15, -0.1) is 11.3 Å². The minimum absolute atomic E-state index is 0.142. The molecule has 0 aliphatic carbocycles. The van der Waals surface area contributed by atoms with Gasteiger partial charge in [-0.2, -0.15) is 5.10 Å². The van der Waals surface area contributed by atoms with Crippen LogP contribution in [0.1, 0.15) is 19.4 Å². The Kier molecular flexibility index (Phi) is 6.13. The Morgan fingerprint density at radius 3 is 2.59 bits per heavy atom. The van der Waals surface area contributed by atoms with Crippen LogP contribution in [0.5, 0.6) is 11.5 Å². The molecule has 3 rings (SSSR count). The molecular formula is C20H20BrN3O2S. The third kappa shape index (κ3) is 4.67. The van der Waals surface area contributed by atoms with E-state index in [9.17, 15) is 5.11 Å². The molecule has 1 aromatic heterocycles. The van der Waals surface area contributed by atoms with Crippen molar-refractivity contribution < 1.29 is 9.84 Å². The molecule has 0 aliphatic rings. The molecule has 1 N–H and O–H groups in total. The van der Waals surface area contributed by atoms with Crippen molar-refractivity contribution in [2.24, 2.45) is 10.1 Å². The zero-order chi connectivity index (χ0) is 19.4. The lowest BCUT2D eigenvalue weighted by molar-refractivity contribution is 0.412. The fourth-order valence-corrected chi connectivity index (χ4v) is 3.66. The first-order valence-electron chi connectivity index (χ1n) is 8.39. The van der Waals surface area contributed by atoms with Crippen molar-refractivity contribution in [3.05, 3.63) is 62.7 Å². The number of rotatable bonds is 5. The Morgan fingerprint density at radius 1 is 1.19 bits per heavy atom. The maximum absolute atomic E-state index is 10.1. The maximum atomic E-state index is 10.1. The molecule has 1 heterocycles. The summed E-state index contributed by atoms with van der Waals surface area (Å²) < 4.78 is 8.04.